The lowest BCUT2D eigenvalue weighted by atomic mass is 9.65. The molecule has 0 saturated carbocycles. The van der Waals surface area contributed by atoms with E-state index in [1.165, 1.54) is 117 Å². The van der Waals surface area contributed by atoms with Crippen molar-refractivity contribution in [3.63, 3.8) is 0 Å². The van der Waals surface area contributed by atoms with Crippen LogP contribution in [0.5, 0.6) is 0 Å². The van der Waals surface area contributed by atoms with E-state index >= 15 is 0 Å². The summed E-state index contributed by atoms with van der Waals surface area (Å²) in [5.74, 6) is 0. The predicted molar refractivity (Wildman–Crippen MR) is 313 cm³/mol. The Balaban J connectivity index is 1.00. The van der Waals surface area contributed by atoms with Crippen LogP contribution in [0, 0.1) is 0 Å². The molecule has 4 aliphatic rings. The Morgan fingerprint density at radius 1 is 0.263 bits per heavy atom. The molecule has 0 bridgehead atoms. The molecule has 1 unspecified atom stereocenters. The van der Waals surface area contributed by atoms with E-state index in [1.807, 2.05) is 0 Å². The Hall–Kier alpha value is -9.76. The lowest BCUT2D eigenvalue weighted by molar-refractivity contribution is 0.748. The summed E-state index contributed by atoms with van der Waals surface area (Å²) in [5, 5.41) is 2.55. The highest BCUT2D eigenvalue weighted by Gasteiger charge is 2.54. The Labute approximate surface area is 441 Å². The van der Waals surface area contributed by atoms with Gasteiger partial charge in [0, 0.05) is 27.5 Å². The highest BCUT2D eigenvalue weighted by Crippen LogP contribution is 2.67. The van der Waals surface area contributed by atoms with Crippen molar-refractivity contribution in [2.75, 3.05) is 4.90 Å². The van der Waals surface area contributed by atoms with Crippen LogP contribution in [0.1, 0.15) is 44.5 Å². The molecule has 76 heavy (non-hydrogen) atoms. The van der Waals surface area contributed by atoms with Gasteiger partial charge in [-0.15, -0.1) is 0 Å². The van der Waals surface area contributed by atoms with Crippen molar-refractivity contribution in [1.82, 2.24) is 4.57 Å². The molecule has 2 nitrogen and oxygen atoms in total. The maximum Gasteiger partial charge on any atom is 0.0755 e. The number of aromatic nitrogens is 1. The molecule has 3 aliphatic carbocycles. The van der Waals surface area contributed by atoms with E-state index < -0.39 is 10.8 Å². The second-order valence-corrected chi connectivity index (χ2v) is 21.0. The fourth-order valence-corrected chi connectivity index (χ4v) is 14.9. The quantitative estimate of drug-likeness (QED) is 0.167. The van der Waals surface area contributed by atoms with Gasteiger partial charge in [-0.2, -0.15) is 0 Å². The average Bonchev–Trinajstić information content (AvgIpc) is 4.35. The fourth-order valence-electron chi connectivity index (χ4n) is 14.9. The number of hydrogen-bond donors (Lipinski definition) is 0. The van der Waals surface area contributed by atoms with E-state index in [4.69, 9.17) is 0 Å². The highest BCUT2D eigenvalue weighted by atomic mass is 15.2. The molecule has 13 aromatic rings. The van der Waals surface area contributed by atoms with Gasteiger partial charge in [0.2, 0.25) is 0 Å². The van der Waals surface area contributed by atoms with Crippen molar-refractivity contribution in [3.8, 4) is 61.3 Å². The summed E-state index contributed by atoms with van der Waals surface area (Å²) >= 11 is 0. The molecule has 2 spiro atoms. The van der Waals surface area contributed by atoms with E-state index in [0.717, 1.165) is 28.2 Å². The minimum atomic E-state index is -0.621. The molecule has 0 saturated heterocycles. The van der Waals surface area contributed by atoms with Crippen molar-refractivity contribution >= 4 is 38.9 Å². The zero-order chi connectivity index (χ0) is 49.7. The van der Waals surface area contributed by atoms with Crippen LogP contribution in [-0.2, 0) is 10.8 Å². The third kappa shape index (κ3) is 5.16. The molecule has 1 aliphatic heterocycles. The zero-order valence-corrected chi connectivity index (χ0v) is 41.5. The summed E-state index contributed by atoms with van der Waals surface area (Å²) < 4.78 is 2.54. The molecule has 1 atom stereocenters. The van der Waals surface area contributed by atoms with Gasteiger partial charge in [0.15, 0.2) is 0 Å². The molecular weight excluding hydrogens is 917 g/mol. The summed E-state index contributed by atoms with van der Waals surface area (Å²) in [6.45, 7) is 0. The van der Waals surface area contributed by atoms with E-state index in [2.05, 4.69) is 289 Å². The molecule has 12 aromatic carbocycles. The molecule has 1 aromatic heterocycles. The molecule has 0 N–H and O–H groups in total. The van der Waals surface area contributed by atoms with Crippen LogP contribution in [0.25, 0.3) is 83.1 Å². The zero-order valence-electron chi connectivity index (χ0n) is 41.5. The molecule has 2 heteroatoms. The van der Waals surface area contributed by atoms with Crippen molar-refractivity contribution in [2.24, 2.45) is 0 Å². The third-order valence-electron chi connectivity index (χ3n) is 17.6. The first-order chi connectivity index (χ1) is 37.8. The first kappa shape index (κ1) is 41.7. The van der Waals surface area contributed by atoms with Crippen LogP contribution in [0.3, 0.4) is 0 Å². The van der Waals surface area contributed by atoms with Crippen LogP contribution in [0.15, 0.2) is 279 Å². The maximum atomic E-state index is 2.65. The number of nitrogens with zero attached hydrogens (tertiary/aromatic N) is 2. The van der Waals surface area contributed by atoms with Crippen LogP contribution >= 0.6 is 0 Å². The standard InChI is InChI=1S/C74H46N2/c1-2-22-47(23-3-1)48-24-18-25-49(46-48)50-26-8-15-41-65(50)75(68-44-20-38-62-70(68)55-30-6-12-35-59(55)73(62)57-33-10-4-27-51(57)52-28-5-11-34-58(52)73)69-45-21-39-63-71(69)56-31-7-13-36-60(56)74(63)61-37-14-17-43-67(61)76-66-42-16-9-29-53(66)54-32-19-40-64(74)72(54)76/h1-46H. The first-order valence-electron chi connectivity index (χ1n) is 26.6. The molecule has 17 rings (SSSR count). The average molecular weight is 963 g/mol. The van der Waals surface area contributed by atoms with Crippen LogP contribution in [0.4, 0.5) is 17.1 Å². The number of benzene rings is 12. The van der Waals surface area contributed by atoms with Gasteiger partial charge < -0.3 is 9.47 Å². The number of fused-ring (bicyclic) bond motifs is 22. The van der Waals surface area contributed by atoms with Gasteiger partial charge in [0.25, 0.3) is 0 Å². The van der Waals surface area contributed by atoms with Gasteiger partial charge >= 0.3 is 0 Å². The predicted octanol–water partition coefficient (Wildman–Crippen LogP) is 18.6. The third-order valence-corrected chi connectivity index (χ3v) is 17.6. The number of hydrogen-bond acceptors (Lipinski definition) is 1. The van der Waals surface area contributed by atoms with Crippen LogP contribution in [-0.4, -0.2) is 4.57 Å². The lowest BCUT2D eigenvalue weighted by Gasteiger charge is -2.40. The Kier molecular flexibility index (Phi) is 8.44. The topological polar surface area (TPSA) is 8.17 Å². The second-order valence-electron chi connectivity index (χ2n) is 21.0. The number of anilines is 3. The van der Waals surface area contributed by atoms with E-state index in [-0.39, 0.29) is 0 Å². The molecule has 2 heterocycles. The maximum absolute atomic E-state index is 2.65. The second kappa shape index (κ2) is 15.4. The lowest BCUT2D eigenvalue weighted by Crippen LogP contribution is -2.33. The fraction of sp³-hybridized carbons (Fsp3) is 0.0270. The van der Waals surface area contributed by atoms with Gasteiger partial charge in [0.1, 0.15) is 0 Å². The van der Waals surface area contributed by atoms with Gasteiger partial charge in [0.05, 0.1) is 44.6 Å². The minimum absolute atomic E-state index is 0.511. The highest BCUT2D eigenvalue weighted by molar-refractivity contribution is 6.14. The first-order valence-corrected chi connectivity index (χ1v) is 26.6. The molecule has 0 fully saturated rings. The van der Waals surface area contributed by atoms with E-state index in [9.17, 15) is 0 Å². The molecule has 352 valence electrons. The number of rotatable bonds is 5. The van der Waals surface area contributed by atoms with Crippen molar-refractivity contribution in [3.05, 3.63) is 324 Å². The van der Waals surface area contributed by atoms with Gasteiger partial charge in [-0.3, -0.25) is 0 Å². The monoisotopic (exact) mass is 962 g/mol. The normalized spacial score (nSPS) is 15.3. The van der Waals surface area contributed by atoms with Crippen LogP contribution < -0.4 is 4.90 Å². The Bertz CT molecular complexity index is 4570. The summed E-state index contributed by atoms with van der Waals surface area (Å²) in [6.07, 6.45) is 0. The largest absolute Gasteiger partial charge is 0.309 e. The van der Waals surface area contributed by atoms with Crippen molar-refractivity contribution < 1.29 is 0 Å². The molecular formula is C74H46N2. The van der Waals surface area contributed by atoms with Crippen molar-refractivity contribution in [1.29, 1.82) is 0 Å². The summed E-state index contributed by atoms with van der Waals surface area (Å²) in [5.41, 5.74) is 28.8. The minimum Gasteiger partial charge on any atom is -0.309 e. The molecule has 0 amide bonds. The summed E-state index contributed by atoms with van der Waals surface area (Å²) in [7, 11) is 0. The van der Waals surface area contributed by atoms with Gasteiger partial charge in [-0.05, 0) is 120 Å². The summed E-state index contributed by atoms with van der Waals surface area (Å²) in [6, 6.07) is 105. The van der Waals surface area contributed by atoms with Gasteiger partial charge in [-0.25, -0.2) is 0 Å². The van der Waals surface area contributed by atoms with Crippen LogP contribution in [0.2, 0.25) is 0 Å². The van der Waals surface area contributed by atoms with Crippen molar-refractivity contribution in [2.45, 2.75) is 10.8 Å². The Morgan fingerprint density at radius 3 is 1.36 bits per heavy atom. The van der Waals surface area contributed by atoms with Gasteiger partial charge in [-0.1, -0.05) is 243 Å². The summed E-state index contributed by atoms with van der Waals surface area (Å²) in [4.78, 5) is 2.65. The smallest absolute Gasteiger partial charge is 0.0755 e. The SMILES string of the molecule is c1ccc(-c2cccc(-c3ccccc3N(c3cccc4c3-c3ccccc3C43c4ccccc4-c4ccccc43)c3cccc4c3-c3ccccc3C43c4ccccc4-n4c5ccccc5c5cccc3c54)c2)cc1. The van der Waals surface area contributed by atoms with E-state index in [1.54, 1.807) is 0 Å². The Morgan fingerprint density at radius 2 is 0.684 bits per heavy atom. The molecule has 0 radical (unpaired) electrons. The number of para-hydroxylation sites is 4. The van der Waals surface area contributed by atoms with E-state index in [0.29, 0.717) is 0 Å².